The average Bonchev–Trinajstić information content (AvgIpc) is 3.09. The average molecular weight is 508 g/mol. The van der Waals surface area contributed by atoms with Gasteiger partial charge in [0.15, 0.2) is 5.96 Å². The van der Waals surface area contributed by atoms with Crippen LogP contribution in [0.15, 0.2) is 21.5 Å². The second kappa shape index (κ2) is 14.2. The number of nitrogens with zero attached hydrogens (tertiary/aromatic N) is 2. The van der Waals surface area contributed by atoms with Gasteiger partial charge in [0.2, 0.25) is 0 Å². The van der Waals surface area contributed by atoms with Gasteiger partial charge in [-0.1, -0.05) is 13.8 Å². The number of aliphatic imine (C=N–C) groups is 1. The van der Waals surface area contributed by atoms with Gasteiger partial charge in [-0.25, -0.2) is 0 Å². The lowest BCUT2D eigenvalue weighted by Crippen LogP contribution is -2.46. The predicted molar refractivity (Wildman–Crippen MR) is 124 cm³/mol. The highest BCUT2D eigenvalue weighted by Crippen LogP contribution is 2.23. The molecule has 1 aromatic rings. The number of furan rings is 1. The number of aryl methyl sites for hydroxylation is 1. The third-order valence-corrected chi connectivity index (χ3v) is 4.64. The molecule has 1 aromatic heterocycles. The van der Waals surface area contributed by atoms with Crippen molar-refractivity contribution in [2.45, 2.75) is 33.2 Å². The number of hydrogen-bond donors (Lipinski definition) is 2. The molecule has 0 aliphatic carbocycles. The maximum atomic E-state index is 5.91. The fraction of sp³-hybridized carbons (Fsp3) is 0.750. The number of morpholine rings is 1. The Kier molecular flexibility index (Phi) is 12.8. The molecule has 2 N–H and O–H groups in total. The second-order valence-corrected chi connectivity index (χ2v) is 7.29. The van der Waals surface area contributed by atoms with Gasteiger partial charge in [0.1, 0.15) is 11.5 Å². The summed E-state index contributed by atoms with van der Waals surface area (Å²) in [5.74, 6) is 3.37. The minimum Gasteiger partial charge on any atom is -0.465 e. The lowest BCUT2D eigenvalue weighted by atomic mass is 10.1. The topological polar surface area (TPSA) is 71.3 Å². The summed E-state index contributed by atoms with van der Waals surface area (Å²) in [5, 5.41) is 6.74. The molecule has 8 heteroatoms. The van der Waals surface area contributed by atoms with Crippen molar-refractivity contribution in [2.24, 2.45) is 10.9 Å². The van der Waals surface area contributed by atoms with Gasteiger partial charge in [0.05, 0.1) is 25.9 Å². The van der Waals surface area contributed by atoms with Gasteiger partial charge in [0.25, 0.3) is 0 Å². The van der Waals surface area contributed by atoms with E-state index in [0.717, 1.165) is 69.9 Å². The van der Waals surface area contributed by atoms with E-state index in [1.165, 1.54) is 0 Å². The lowest BCUT2D eigenvalue weighted by Gasteiger charge is -2.33. The minimum atomic E-state index is 0. The molecule has 28 heavy (non-hydrogen) atoms. The highest BCUT2D eigenvalue weighted by Gasteiger charge is 2.25. The maximum absolute atomic E-state index is 5.91. The van der Waals surface area contributed by atoms with E-state index in [1.54, 1.807) is 7.05 Å². The fourth-order valence-corrected chi connectivity index (χ4v) is 3.01. The van der Waals surface area contributed by atoms with Crippen molar-refractivity contribution in [3.63, 3.8) is 0 Å². The van der Waals surface area contributed by atoms with Crippen LogP contribution in [0.3, 0.4) is 0 Å². The molecular weight excluding hydrogens is 471 g/mol. The first-order chi connectivity index (χ1) is 13.1. The molecule has 0 radical (unpaired) electrons. The van der Waals surface area contributed by atoms with E-state index in [2.05, 4.69) is 40.4 Å². The molecule has 0 aromatic carbocycles. The van der Waals surface area contributed by atoms with Crippen LogP contribution < -0.4 is 10.6 Å². The molecule has 0 spiro atoms. The van der Waals surface area contributed by atoms with E-state index < -0.39 is 0 Å². The SMILES string of the molecule is CN=C(NCCOCCC(C)C)NCC(c1ccc(C)o1)N1CCOCC1.I. The summed E-state index contributed by atoms with van der Waals surface area (Å²) in [6.45, 7) is 12.7. The third kappa shape index (κ3) is 9.11. The Bertz CT molecular complexity index is 559. The summed E-state index contributed by atoms with van der Waals surface area (Å²) in [5.41, 5.74) is 0. The van der Waals surface area contributed by atoms with E-state index in [4.69, 9.17) is 13.9 Å². The van der Waals surface area contributed by atoms with Gasteiger partial charge in [-0.05, 0) is 31.4 Å². The van der Waals surface area contributed by atoms with Crippen LogP contribution in [0, 0.1) is 12.8 Å². The predicted octanol–water partition coefficient (Wildman–Crippen LogP) is 2.81. The fourth-order valence-electron chi connectivity index (χ4n) is 3.01. The summed E-state index contributed by atoms with van der Waals surface area (Å²) in [6, 6.07) is 4.24. The molecule has 0 saturated carbocycles. The molecular formula is C20H37IN4O3. The van der Waals surface area contributed by atoms with Gasteiger partial charge in [-0.15, -0.1) is 24.0 Å². The summed E-state index contributed by atoms with van der Waals surface area (Å²) in [4.78, 5) is 6.71. The van der Waals surface area contributed by atoms with Crippen molar-refractivity contribution in [1.82, 2.24) is 15.5 Å². The molecule has 1 aliphatic rings. The molecule has 1 fully saturated rings. The van der Waals surface area contributed by atoms with E-state index in [9.17, 15) is 0 Å². The van der Waals surface area contributed by atoms with E-state index in [1.807, 2.05) is 13.0 Å². The Morgan fingerprint density at radius 2 is 1.96 bits per heavy atom. The van der Waals surface area contributed by atoms with Crippen molar-refractivity contribution >= 4 is 29.9 Å². The minimum absolute atomic E-state index is 0. The quantitative estimate of drug-likeness (QED) is 0.219. The summed E-state index contributed by atoms with van der Waals surface area (Å²) in [7, 11) is 1.79. The van der Waals surface area contributed by atoms with Crippen LogP contribution in [0.4, 0.5) is 0 Å². The summed E-state index contributed by atoms with van der Waals surface area (Å²) < 4.78 is 17.1. The lowest BCUT2D eigenvalue weighted by molar-refractivity contribution is 0.0124. The Morgan fingerprint density at radius 1 is 1.21 bits per heavy atom. The maximum Gasteiger partial charge on any atom is 0.191 e. The van der Waals surface area contributed by atoms with Crippen LogP contribution in [0.25, 0.3) is 0 Å². The van der Waals surface area contributed by atoms with Crippen LogP contribution in [-0.2, 0) is 9.47 Å². The van der Waals surface area contributed by atoms with Gasteiger partial charge in [0, 0.05) is 39.8 Å². The normalized spacial score (nSPS) is 16.7. The second-order valence-electron chi connectivity index (χ2n) is 7.29. The first-order valence-corrected chi connectivity index (χ1v) is 10.0. The van der Waals surface area contributed by atoms with Gasteiger partial charge in [-0.3, -0.25) is 9.89 Å². The van der Waals surface area contributed by atoms with Crippen LogP contribution >= 0.6 is 24.0 Å². The molecule has 162 valence electrons. The molecule has 0 amide bonds. The Morgan fingerprint density at radius 3 is 2.57 bits per heavy atom. The summed E-state index contributed by atoms with van der Waals surface area (Å²) in [6.07, 6.45) is 1.09. The van der Waals surface area contributed by atoms with Crippen LogP contribution in [0.2, 0.25) is 0 Å². The Balaban J connectivity index is 0.00000392. The molecule has 2 heterocycles. The number of hydrogen-bond acceptors (Lipinski definition) is 5. The molecule has 1 saturated heterocycles. The zero-order chi connectivity index (χ0) is 19.5. The van der Waals surface area contributed by atoms with Crippen LogP contribution in [0.1, 0.15) is 37.8 Å². The number of halogens is 1. The van der Waals surface area contributed by atoms with E-state index in [0.29, 0.717) is 12.5 Å². The molecule has 0 bridgehead atoms. The van der Waals surface area contributed by atoms with Crippen molar-refractivity contribution < 1.29 is 13.9 Å². The van der Waals surface area contributed by atoms with E-state index in [-0.39, 0.29) is 30.0 Å². The number of nitrogens with one attached hydrogen (secondary N) is 2. The molecule has 1 aliphatic heterocycles. The Hall–Kier alpha value is -0.840. The van der Waals surface area contributed by atoms with E-state index >= 15 is 0 Å². The zero-order valence-electron chi connectivity index (χ0n) is 17.7. The number of rotatable bonds is 10. The monoisotopic (exact) mass is 508 g/mol. The molecule has 1 atom stereocenters. The van der Waals surface area contributed by atoms with Crippen LogP contribution in [-0.4, -0.2) is 70.5 Å². The zero-order valence-corrected chi connectivity index (χ0v) is 20.0. The van der Waals surface area contributed by atoms with Gasteiger partial charge < -0.3 is 24.5 Å². The van der Waals surface area contributed by atoms with Gasteiger partial charge >= 0.3 is 0 Å². The van der Waals surface area contributed by atoms with Crippen LogP contribution in [0.5, 0.6) is 0 Å². The standard InChI is InChI=1S/C20H36N4O3.HI/c1-16(2)7-11-25-12-8-22-20(21-4)23-15-18(19-6-5-17(3)27-19)24-9-13-26-14-10-24;/h5-6,16,18H,7-15H2,1-4H3,(H2,21,22,23);1H. The molecule has 1 unspecified atom stereocenters. The summed E-state index contributed by atoms with van der Waals surface area (Å²) >= 11 is 0. The van der Waals surface area contributed by atoms with Crippen molar-refractivity contribution in [2.75, 3.05) is 59.7 Å². The van der Waals surface area contributed by atoms with Crippen molar-refractivity contribution in [3.05, 3.63) is 23.7 Å². The first-order valence-electron chi connectivity index (χ1n) is 10.0. The molecule has 2 rings (SSSR count). The van der Waals surface area contributed by atoms with Gasteiger partial charge in [-0.2, -0.15) is 0 Å². The number of ether oxygens (including phenoxy) is 2. The highest BCUT2D eigenvalue weighted by atomic mass is 127. The number of guanidine groups is 1. The Labute approximate surface area is 186 Å². The third-order valence-electron chi connectivity index (χ3n) is 4.64. The van der Waals surface area contributed by atoms with Crippen molar-refractivity contribution in [1.29, 1.82) is 0 Å². The first kappa shape index (κ1) is 25.2. The smallest absolute Gasteiger partial charge is 0.191 e. The molecule has 7 nitrogen and oxygen atoms in total. The largest absolute Gasteiger partial charge is 0.465 e. The van der Waals surface area contributed by atoms with Crippen molar-refractivity contribution in [3.8, 4) is 0 Å². The highest BCUT2D eigenvalue weighted by molar-refractivity contribution is 14.0.